The van der Waals surface area contributed by atoms with Crippen LogP contribution >= 0.6 is 11.8 Å². The fraction of sp³-hybridized carbons (Fsp3) is 0.429. The lowest BCUT2D eigenvalue weighted by atomic mass is 10.3. The molecule has 0 radical (unpaired) electrons. The van der Waals surface area contributed by atoms with Crippen molar-refractivity contribution >= 4 is 23.4 Å². The van der Waals surface area contributed by atoms with Crippen molar-refractivity contribution in [2.24, 2.45) is 0 Å². The second-order valence-electron chi connectivity index (χ2n) is 5.04. The third-order valence-corrected chi connectivity index (χ3v) is 4.35. The molecule has 0 aliphatic heterocycles. The summed E-state index contributed by atoms with van der Waals surface area (Å²) in [5, 5.41) is 12.3. The van der Waals surface area contributed by atoms with Gasteiger partial charge in [-0.2, -0.15) is 0 Å². The Kier molecular flexibility index (Phi) is 4.37. The third kappa shape index (κ3) is 3.27. The molecule has 1 aromatic heterocycles. The minimum absolute atomic E-state index is 0.0514. The minimum atomic E-state index is -0.315. The largest absolute Gasteiger partial charge is 0.312 e. The van der Waals surface area contributed by atoms with E-state index < -0.39 is 0 Å². The Morgan fingerprint density at radius 3 is 2.77 bits per heavy atom. The van der Waals surface area contributed by atoms with Crippen LogP contribution in [0.1, 0.15) is 25.8 Å². The highest BCUT2D eigenvalue weighted by atomic mass is 32.2. The molecule has 22 heavy (non-hydrogen) atoms. The van der Waals surface area contributed by atoms with E-state index in [4.69, 9.17) is 0 Å². The van der Waals surface area contributed by atoms with Crippen molar-refractivity contribution in [2.75, 3.05) is 17.2 Å². The summed E-state index contributed by atoms with van der Waals surface area (Å²) in [5.41, 5.74) is 0.691. The van der Waals surface area contributed by atoms with E-state index in [1.54, 1.807) is 21.7 Å². The van der Waals surface area contributed by atoms with Crippen LogP contribution in [0.3, 0.4) is 0 Å². The highest BCUT2D eigenvalue weighted by molar-refractivity contribution is 7.99. The molecule has 1 saturated carbocycles. The number of tetrazole rings is 1. The number of halogens is 1. The van der Waals surface area contributed by atoms with Gasteiger partial charge in [0, 0.05) is 12.2 Å². The number of hydrogen-bond donors (Lipinski definition) is 0. The molecular weight excluding hydrogens is 305 g/mol. The minimum Gasteiger partial charge on any atom is -0.312 e. The van der Waals surface area contributed by atoms with Gasteiger partial charge in [0.25, 0.3) is 0 Å². The molecule has 3 rings (SSSR count). The van der Waals surface area contributed by atoms with E-state index in [-0.39, 0.29) is 17.5 Å². The van der Waals surface area contributed by atoms with Crippen molar-refractivity contribution in [2.45, 2.75) is 31.0 Å². The monoisotopic (exact) mass is 321 g/mol. The summed E-state index contributed by atoms with van der Waals surface area (Å²) in [6.45, 7) is 2.42. The molecule has 116 valence electrons. The van der Waals surface area contributed by atoms with Crippen LogP contribution in [0, 0.1) is 5.82 Å². The quantitative estimate of drug-likeness (QED) is 0.764. The first kappa shape index (κ1) is 15.0. The lowest BCUT2D eigenvalue weighted by Crippen LogP contribution is -2.32. The van der Waals surface area contributed by atoms with Crippen LogP contribution in [0.15, 0.2) is 29.4 Å². The molecule has 1 amide bonds. The van der Waals surface area contributed by atoms with Crippen LogP contribution in [0.25, 0.3) is 0 Å². The maximum absolute atomic E-state index is 13.0. The average molecular weight is 321 g/mol. The van der Waals surface area contributed by atoms with Gasteiger partial charge in [-0.05, 0) is 54.5 Å². The molecular formula is C14H16FN5OS. The molecule has 6 nitrogen and oxygen atoms in total. The molecule has 1 aliphatic rings. The van der Waals surface area contributed by atoms with Gasteiger partial charge >= 0.3 is 0 Å². The molecule has 1 fully saturated rings. The fourth-order valence-corrected chi connectivity index (χ4v) is 2.98. The number of aromatic nitrogens is 4. The lowest BCUT2D eigenvalue weighted by molar-refractivity contribution is -0.116. The summed E-state index contributed by atoms with van der Waals surface area (Å²) >= 11 is 1.33. The zero-order chi connectivity index (χ0) is 15.5. The van der Waals surface area contributed by atoms with Gasteiger partial charge in [-0.3, -0.25) is 4.79 Å². The van der Waals surface area contributed by atoms with Gasteiger partial charge in [0.2, 0.25) is 11.1 Å². The van der Waals surface area contributed by atoms with Crippen LogP contribution < -0.4 is 4.90 Å². The van der Waals surface area contributed by atoms with Crippen molar-refractivity contribution in [3.63, 3.8) is 0 Å². The van der Waals surface area contributed by atoms with Gasteiger partial charge in [-0.25, -0.2) is 9.07 Å². The Labute approximate surface area is 131 Å². The average Bonchev–Trinajstić information content (AvgIpc) is 3.26. The Balaban J connectivity index is 1.64. The van der Waals surface area contributed by atoms with Crippen molar-refractivity contribution in [3.8, 4) is 0 Å². The van der Waals surface area contributed by atoms with E-state index in [0.717, 1.165) is 12.8 Å². The van der Waals surface area contributed by atoms with E-state index in [2.05, 4.69) is 15.5 Å². The van der Waals surface area contributed by atoms with Crippen molar-refractivity contribution in [1.82, 2.24) is 20.2 Å². The summed E-state index contributed by atoms with van der Waals surface area (Å²) in [4.78, 5) is 14.0. The first-order chi connectivity index (χ1) is 10.7. The second-order valence-corrected chi connectivity index (χ2v) is 5.98. The molecule has 1 heterocycles. The molecule has 0 unspecified atom stereocenters. The molecule has 0 saturated heterocycles. The number of anilines is 1. The standard InChI is InChI=1S/C14H16FN5OS/c1-2-19(11-5-3-10(15)4-6-11)13(21)9-22-14-16-17-18-20(14)12-7-8-12/h3-6,12H,2,7-9H2,1H3. The van der Waals surface area contributed by atoms with E-state index in [1.165, 1.54) is 23.9 Å². The van der Waals surface area contributed by atoms with Gasteiger partial charge in [0.05, 0.1) is 11.8 Å². The molecule has 1 aliphatic carbocycles. The van der Waals surface area contributed by atoms with Crippen molar-refractivity contribution in [3.05, 3.63) is 30.1 Å². The number of amides is 1. The van der Waals surface area contributed by atoms with E-state index in [9.17, 15) is 9.18 Å². The van der Waals surface area contributed by atoms with Gasteiger partial charge < -0.3 is 4.90 Å². The summed E-state index contributed by atoms with van der Waals surface area (Å²) in [6, 6.07) is 6.30. The van der Waals surface area contributed by atoms with Crippen LogP contribution in [0.5, 0.6) is 0 Å². The van der Waals surface area contributed by atoms with Crippen molar-refractivity contribution in [1.29, 1.82) is 0 Å². The summed E-state index contributed by atoms with van der Waals surface area (Å²) < 4.78 is 14.8. The van der Waals surface area contributed by atoms with Crippen LogP contribution in [0.2, 0.25) is 0 Å². The number of nitrogens with zero attached hydrogens (tertiary/aromatic N) is 5. The van der Waals surface area contributed by atoms with Gasteiger partial charge in [0.1, 0.15) is 5.82 Å². The molecule has 1 aromatic carbocycles. The summed E-state index contributed by atoms with van der Waals surface area (Å²) in [6.07, 6.45) is 2.17. The first-order valence-corrected chi connectivity index (χ1v) is 8.14. The van der Waals surface area contributed by atoms with Gasteiger partial charge in [0.15, 0.2) is 0 Å². The Morgan fingerprint density at radius 2 is 2.14 bits per heavy atom. The molecule has 0 bridgehead atoms. The van der Waals surface area contributed by atoms with E-state index in [1.807, 2.05) is 6.92 Å². The Hall–Kier alpha value is -1.96. The zero-order valence-electron chi connectivity index (χ0n) is 12.1. The first-order valence-electron chi connectivity index (χ1n) is 7.15. The summed E-state index contributed by atoms with van der Waals surface area (Å²) in [7, 11) is 0. The second kappa shape index (κ2) is 6.43. The maximum Gasteiger partial charge on any atom is 0.237 e. The fourth-order valence-electron chi connectivity index (χ4n) is 2.16. The van der Waals surface area contributed by atoms with E-state index >= 15 is 0 Å². The van der Waals surface area contributed by atoms with Crippen LogP contribution in [0.4, 0.5) is 10.1 Å². The smallest absolute Gasteiger partial charge is 0.237 e. The number of rotatable bonds is 6. The molecule has 8 heteroatoms. The summed E-state index contributed by atoms with van der Waals surface area (Å²) in [5.74, 6) is -0.118. The Bertz CT molecular complexity index is 656. The van der Waals surface area contributed by atoms with Crippen molar-refractivity contribution < 1.29 is 9.18 Å². The Morgan fingerprint density at radius 1 is 1.41 bits per heavy atom. The molecule has 0 atom stereocenters. The highest BCUT2D eigenvalue weighted by Gasteiger charge is 2.28. The number of thioether (sulfide) groups is 1. The SMILES string of the molecule is CCN(C(=O)CSc1nnnn1C1CC1)c1ccc(F)cc1. The van der Waals surface area contributed by atoms with Crippen LogP contribution in [-0.4, -0.2) is 38.4 Å². The molecule has 0 N–H and O–H groups in total. The van der Waals surface area contributed by atoms with Gasteiger partial charge in [-0.15, -0.1) is 5.10 Å². The predicted octanol–water partition coefficient (Wildman–Crippen LogP) is 2.29. The highest BCUT2D eigenvalue weighted by Crippen LogP contribution is 2.36. The topological polar surface area (TPSA) is 63.9 Å². The molecule has 0 spiro atoms. The number of carbonyl (C=O) groups excluding carboxylic acids is 1. The molecule has 2 aromatic rings. The predicted molar refractivity (Wildman–Crippen MR) is 81.2 cm³/mol. The zero-order valence-corrected chi connectivity index (χ0v) is 13.0. The third-order valence-electron chi connectivity index (χ3n) is 3.44. The number of carbonyl (C=O) groups is 1. The van der Waals surface area contributed by atoms with Gasteiger partial charge in [-0.1, -0.05) is 11.8 Å². The number of benzene rings is 1. The number of hydrogen-bond acceptors (Lipinski definition) is 5. The van der Waals surface area contributed by atoms with Crippen LogP contribution in [-0.2, 0) is 4.79 Å². The van der Waals surface area contributed by atoms with E-state index in [0.29, 0.717) is 23.4 Å². The normalized spacial score (nSPS) is 14.1. The maximum atomic E-state index is 13.0. The lowest BCUT2D eigenvalue weighted by Gasteiger charge is -2.20.